The molecule has 1 N–H and O–H groups in total. The SMILES string of the molecule is CC.Cc1cc2[nH]c3c(c2nc1Cl)COCC3. The van der Waals surface area contributed by atoms with Gasteiger partial charge in [-0.2, -0.15) is 0 Å². The average Bonchev–Trinajstić information content (AvgIpc) is 2.70. The summed E-state index contributed by atoms with van der Waals surface area (Å²) in [5, 5.41) is 0.579. The Morgan fingerprint density at radius 2 is 2.18 bits per heavy atom. The number of hydrogen-bond acceptors (Lipinski definition) is 2. The molecule has 1 aliphatic rings. The number of nitrogens with one attached hydrogen (secondary N) is 1. The Morgan fingerprint density at radius 3 is 2.94 bits per heavy atom. The van der Waals surface area contributed by atoms with Crippen LogP contribution in [0.3, 0.4) is 0 Å². The van der Waals surface area contributed by atoms with Gasteiger partial charge in [-0.05, 0) is 18.6 Å². The van der Waals surface area contributed by atoms with Crippen LogP contribution in [-0.2, 0) is 17.8 Å². The van der Waals surface area contributed by atoms with E-state index < -0.39 is 0 Å². The van der Waals surface area contributed by atoms with Crippen LogP contribution in [0.15, 0.2) is 6.07 Å². The highest BCUT2D eigenvalue weighted by molar-refractivity contribution is 6.30. The molecule has 0 amide bonds. The first-order valence-corrected chi connectivity index (χ1v) is 6.38. The number of aromatic nitrogens is 2. The molecular formula is C13H17ClN2O. The van der Waals surface area contributed by atoms with Crippen molar-refractivity contribution < 1.29 is 4.74 Å². The molecule has 0 bridgehead atoms. The van der Waals surface area contributed by atoms with Crippen LogP contribution < -0.4 is 0 Å². The van der Waals surface area contributed by atoms with Gasteiger partial charge in [-0.1, -0.05) is 25.4 Å². The lowest BCUT2D eigenvalue weighted by molar-refractivity contribution is 0.111. The van der Waals surface area contributed by atoms with Gasteiger partial charge in [0.25, 0.3) is 0 Å². The van der Waals surface area contributed by atoms with E-state index in [1.54, 1.807) is 0 Å². The lowest BCUT2D eigenvalue weighted by atomic mass is 10.1. The van der Waals surface area contributed by atoms with Crippen molar-refractivity contribution in [2.45, 2.75) is 33.8 Å². The van der Waals surface area contributed by atoms with Gasteiger partial charge in [0.1, 0.15) is 5.15 Å². The summed E-state index contributed by atoms with van der Waals surface area (Å²) in [6.07, 6.45) is 0.933. The smallest absolute Gasteiger partial charge is 0.132 e. The lowest BCUT2D eigenvalue weighted by Gasteiger charge is -2.11. The zero-order valence-electron chi connectivity index (χ0n) is 10.4. The second kappa shape index (κ2) is 5.07. The highest BCUT2D eigenvalue weighted by Crippen LogP contribution is 2.27. The highest BCUT2D eigenvalue weighted by Gasteiger charge is 2.17. The molecule has 0 saturated carbocycles. The molecule has 2 aromatic heterocycles. The van der Waals surface area contributed by atoms with Gasteiger partial charge >= 0.3 is 0 Å². The number of halogens is 1. The van der Waals surface area contributed by atoms with E-state index in [2.05, 4.69) is 9.97 Å². The average molecular weight is 253 g/mol. The third-order valence-corrected chi connectivity index (χ3v) is 3.21. The first kappa shape index (κ1) is 12.4. The van der Waals surface area contributed by atoms with Gasteiger partial charge in [0.2, 0.25) is 0 Å². The topological polar surface area (TPSA) is 37.9 Å². The summed E-state index contributed by atoms with van der Waals surface area (Å²) < 4.78 is 5.43. The summed E-state index contributed by atoms with van der Waals surface area (Å²) in [5.74, 6) is 0. The number of H-pyrrole nitrogens is 1. The predicted octanol–water partition coefficient (Wildman–Crippen LogP) is 3.62. The molecule has 0 aliphatic carbocycles. The van der Waals surface area contributed by atoms with Crippen molar-refractivity contribution in [2.24, 2.45) is 0 Å². The molecule has 0 saturated heterocycles. The van der Waals surface area contributed by atoms with Gasteiger partial charge in [-0.3, -0.25) is 0 Å². The van der Waals surface area contributed by atoms with Crippen LogP contribution in [0, 0.1) is 6.92 Å². The fraction of sp³-hybridized carbons (Fsp3) is 0.462. The van der Waals surface area contributed by atoms with Crippen molar-refractivity contribution >= 4 is 22.6 Å². The number of nitrogens with zero attached hydrogens (tertiary/aromatic N) is 1. The summed E-state index contributed by atoms with van der Waals surface area (Å²) >= 11 is 6.02. The Bertz CT molecular complexity index is 534. The van der Waals surface area contributed by atoms with Crippen LogP contribution in [-0.4, -0.2) is 16.6 Å². The molecule has 3 rings (SSSR count). The molecule has 1 aliphatic heterocycles. The van der Waals surface area contributed by atoms with Gasteiger partial charge in [-0.25, -0.2) is 4.98 Å². The fourth-order valence-corrected chi connectivity index (χ4v) is 2.15. The first-order chi connectivity index (χ1) is 8.25. The summed E-state index contributed by atoms with van der Waals surface area (Å²) in [6.45, 7) is 7.39. The molecule has 0 aromatic carbocycles. The van der Waals surface area contributed by atoms with Crippen molar-refractivity contribution in [3.8, 4) is 0 Å². The van der Waals surface area contributed by atoms with Gasteiger partial charge in [0.15, 0.2) is 0 Å². The van der Waals surface area contributed by atoms with Gasteiger partial charge in [0.05, 0.1) is 24.2 Å². The van der Waals surface area contributed by atoms with Gasteiger partial charge in [-0.15, -0.1) is 0 Å². The monoisotopic (exact) mass is 252 g/mol. The minimum Gasteiger partial charge on any atom is -0.376 e. The van der Waals surface area contributed by atoms with E-state index in [1.165, 1.54) is 5.69 Å². The molecule has 0 unspecified atom stereocenters. The van der Waals surface area contributed by atoms with Crippen LogP contribution in [0.5, 0.6) is 0 Å². The van der Waals surface area contributed by atoms with Crippen LogP contribution in [0.2, 0.25) is 5.15 Å². The summed E-state index contributed by atoms with van der Waals surface area (Å²) in [4.78, 5) is 7.79. The molecule has 3 nitrogen and oxygen atoms in total. The molecule has 0 spiro atoms. The van der Waals surface area contributed by atoms with Crippen LogP contribution in [0.25, 0.3) is 11.0 Å². The third-order valence-electron chi connectivity index (χ3n) is 2.83. The van der Waals surface area contributed by atoms with E-state index in [0.717, 1.165) is 35.2 Å². The standard InChI is InChI=1S/C11H11ClN2O.C2H6/c1-6-4-9-10(14-11(6)12)7-5-15-3-2-8(7)13-9;1-2/h4,13H,2-3,5H2,1H3;1-2H3. The Labute approximate surface area is 106 Å². The Kier molecular flexibility index (Phi) is 3.69. The zero-order valence-corrected chi connectivity index (χ0v) is 11.2. The van der Waals surface area contributed by atoms with Gasteiger partial charge in [0, 0.05) is 17.7 Å². The minimum atomic E-state index is 0.579. The number of aryl methyl sites for hydroxylation is 1. The second-order valence-electron chi connectivity index (χ2n) is 3.88. The summed E-state index contributed by atoms with van der Waals surface area (Å²) in [5.41, 5.74) is 5.43. The van der Waals surface area contributed by atoms with Crippen LogP contribution >= 0.6 is 11.6 Å². The maximum absolute atomic E-state index is 6.02. The first-order valence-electron chi connectivity index (χ1n) is 6.00. The third kappa shape index (κ3) is 2.17. The second-order valence-corrected chi connectivity index (χ2v) is 4.23. The van der Waals surface area contributed by atoms with Crippen molar-refractivity contribution in [3.05, 3.63) is 28.0 Å². The van der Waals surface area contributed by atoms with E-state index in [0.29, 0.717) is 11.8 Å². The lowest BCUT2D eigenvalue weighted by Crippen LogP contribution is -2.08. The number of ether oxygens (including phenoxy) is 1. The number of hydrogen-bond donors (Lipinski definition) is 1. The van der Waals surface area contributed by atoms with Crippen LogP contribution in [0.1, 0.15) is 30.7 Å². The van der Waals surface area contributed by atoms with Gasteiger partial charge < -0.3 is 9.72 Å². The molecule has 0 atom stereocenters. The molecule has 2 aromatic rings. The maximum Gasteiger partial charge on any atom is 0.132 e. The molecule has 3 heterocycles. The quantitative estimate of drug-likeness (QED) is 0.727. The Hall–Kier alpha value is -1.06. The molecule has 0 radical (unpaired) electrons. The fourth-order valence-electron chi connectivity index (χ4n) is 2.01. The van der Waals surface area contributed by atoms with Crippen molar-refractivity contribution in [3.63, 3.8) is 0 Å². The summed E-state index contributed by atoms with van der Waals surface area (Å²) in [6, 6.07) is 2.04. The Morgan fingerprint density at radius 1 is 1.41 bits per heavy atom. The van der Waals surface area contributed by atoms with E-state index in [9.17, 15) is 0 Å². The molecule has 17 heavy (non-hydrogen) atoms. The van der Waals surface area contributed by atoms with E-state index >= 15 is 0 Å². The zero-order chi connectivity index (χ0) is 12.4. The summed E-state index contributed by atoms with van der Waals surface area (Å²) in [7, 11) is 0. The van der Waals surface area contributed by atoms with E-state index in [-0.39, 0.29) is 0 Å². The van der Waals surface area contributed by atoms with Crippen LogP contribution in [0.4, 0.5) is 0 Å². The number of fused-ring (bicyclic) bond motifs is 3. The maximum atomic E-state index is 6.02. The van der Waals surface area contributed by atoms with Crippen molar-refractivity contribution in [1.82, 2.24) is 9.97 Å². The predicted molar refractivity (Wildman–Crippen MR) is 70.5 cm³/mol. The van der Waals surface area contributed by atoms with Crippen molar-refractivity contribution in [1.29, 1.82) is 0 Å². The van der Waals surface area contributed by atoms with E-state index in [4.69, 9.17) is 16.3 Å². The number of aromatic amines is 1. The minimum absolute atomic E-state index is 0.579. The highest BCUT2D eigenvalue weighted by atomic mass is 35.5. The molecule has 4 heteroatoms. The van der Waals surface area contributed by atoms with E-state index in [1.807, 2.05) is 26.8 Å². The molecule has 92 valence electrons. The molecular weight excluding hydrogens is 236 g/mol. The van der Waals surface area contributed by atoms with Crippen molar-refractivity contribution in [2.75, 3.05) is 6.61 Å². The Balaban J connectivity index is 0.000000514. The normalized spacial score (nSPS) is 14.1. The number of rotatable bonds is 0. The number of pyridine rings is 1. The molecule has 0 fully saturated rings. The largest absolute Gasteiger partial charge is 0.376 e.